The van der Waals surface area contributed by atoms with Crippen molar-refractivity contribution >= 4 is 13.3 Å². The summed E-state index contributed by atoms with van der Waals surface area (Å²) in [5, 5.41) is 0. The molecule has 2 N–H and O–H groups in total. The Labute approximate surface area is 96.3 Å². The van der Waals surface area contributed by atoms with Crippen molar-refractivity contribution in [2.45, 2.75) is 12.8 Å². The Hall–Kier alpha value is -0.830. The van der Waals surface area contributed by atoms with Crippen molar-refractivity contribution in [3.63, 3.8) is 0 Å². The zero-order valence-electron chi connectivity index (χ0n) is 9.68. The molecule has 0 aliphatic carbocycles. The molecule has 0 saturated heterocycles. The zero-order chi connectivity index (χ0) is 12.0. The Balaban J connectivity index is 2.41. The Kier molecular flexibility index (Phi) is 5.00. The fourth-order valence-corrected chi connectivity index (χ4v) is 2.48. The minimum atomic E-state index is -2.85. The van der Waals surface area contributed by atoms with E-state index in [9.17, 15) is 4.57 Å². The summed E-state index contributed by atoms with van der Waals surface area (Å²) in [6, 6.07) is 7.67. The molecule has 16 heavy (non-hydrogen) atoms. The minimum Gasteiger partial charge on any atom is -0.399 e. The first-order valence-electron chi connectivity index (χ1n) is 5.14. The predicted molar refractivity (Wildman–Crippen MR) is 65.7 cm³/mol. The van der Waals surface area contributed by atoms with E-state index in [1.807, 2.05) is 24.3 Å². The van der Waals surface area contributed by atoms with Gasteiger partial charge in [-0.1, -0.05) is 12.1 Å². The highest BCUT2D eigenvalue weighted by Gasteiger charge is 2.19. The summed E-state index contributed by atoms with van der Waals surface area (Å²) in [7, 11) is -0.0319. The van der Waals surface area contributed by atoms with E-state index in [-0.39, 0.29) is 0 Å². The summed E-state index contributed by atoms with van der Waals surface area (Å²) < 4.78 is 21.4. The van der Waals surface area contributed by atoms with Crippen LogP contribution in [0.15, 0.2) is 24.3 Å². The zero-order valence-corrected chi connectivity index (χ0v) is 10.6. The van der Waals surface area contributed by atoms with Gasteiger partial charge in [0.1, 0.15) is 0 Å². The second-order valence-electron chi connectivity index (χ2n) is 3.54. The van der Waals surface area contributed by atoms with E-state index in [4.69, 9.17) is 14.8 Å². The molecule has 0 fully saturated rings. The molecule has 1 rings (SSSR count). The number of nitrogens with two attached hydrogens (primary N) is 1. The van der Waals surface area contributed by atoms with Gasteiger partial charge in [0, 0.05) is 19.9 Å². The Morgan fingerprint density at radius 3 is 2.25 bits per heavy atom. The summed E-state index contributed by atoms with van der Waals surface area (Å²) in [6.45, 7) is 0. The van der Waals surface area contributed by atoms with Gasteiger partial charge in [0.25, 0.3) is 0 Å². The van der Waals surface area contributed by atoms with E-state index in [1.54, 1.807) is 0 Å². The molecule has 0 radical (unpaired) electrons. The number of aryl methyl sites for hydroxylation is 1. The molecule has 0 saturated carbocycles. The van der Waals surface area contributed by atoms with E-state index in [0.29, 0.717) is 6.16 Å². The Morgan fingerprint density at radius 1 is 1.19 bits per heavy atom. The lowest BCUT2D eigenvalue weighted by atomic mass is 10.1. The van der Waals surface area contributed by atoms with Crippen LogP contribution in [0.3, 0.4) is 0 Å². The van der Waals surface area contributed by atoms with Crippen LogP contribution >= 0.6 is 7.60 Å². The van der Waals surface area contributed by atoms with Crippen molar-refractivity contribution in [3.05, 3.63) is 29.8 Å². The first-order valence-corrected chi connectivity index (χ1v) is 6.87. The Morgan fingerprint density at radius 2 is 1.75 bits per heavy atom. The van der Waals surface area contributed by atoms with Crippen molar-refractivity contribution in [3.8, 4) is 0 Å². The summed E-state index contributed by atoms with van der Waals surface area (Å²) in [5.74, 6) is 0. The molecule has 1 aromatic carbocycles. The standard InChI is InChI=1S/C11H18NO3P/c1-14-16(13,15-2)9-3-4-10-5-7-11(12)8-6-10/h5-8H,3-4,9,12H2,1-2H3. The number of anilines is 1. The minimum absolute atomic E-state index is 0.435. The van der Waals surface area contributed by atoms with Crippen LogP contribution in [0.1, 0.15) is 12.0 Å². The van der Waals surface area contributed by atoms with Crippen LogP contribution in [0, 0.1) is 0 Å². The van der Waals surface area contributed by atoms with Crippen LogP contribution in [-0.2, 0) is 20.0 Å². The normalized spacial score (nSPS) is 11.6. The van der Waals surface area contributed by atoms with E-state index in [1.165, 1.54) is 19.8 Å². The monoisotopic (exact) mass is 243 g/mol. The Bertz CT molecular complexity index is 356. The van der Waals surface area contributed by atoms with Crippen LogP contribution in [0.4, 0.5) is 5.69 Å². The van der Waals surface area contributed by atoms with Gasteiger partial charge in [-0.15, -0.1) is 0 Å². The molecule has 0 spiro atoms. The van der Waals surface area contributed by atoms with E-state index < -0.39 is 7.60 Å². The quantitative estimate of drug-likeness (QED) is 0.616. The molecule has 0 aromatic heterocycles. The van der Waals surface area contributed by atoms with Crippen LogP contribution in [-0.4, -0.2) is 20.4 Å². The molecule has 1 aromatic rings. The van der Waals surface area contributed by atoms with E-state index in [2.05, 4.69) is 0 Å². The second-order valence-corrected chi connectivity index (χ2v) is 5.94. The molecule has 0 aliphatic rings. The number of nitrogen functional groups attached to an aromatic ring is 1. The van der Waals surface area contributed by atoms with Crippen molar-refractivity contribution in [2.75, 3.05) is 26.1 Å². The molecule has 0 amide bonds. The first-order chi connectivity index (χ1) is 7.59. The van der Waals surface area contributed by atoms with Crippen LogP contribution in [0.25, 0.3) is 0 Å². The summed E-state index contributed by atoms with van der Waals surface area (Å²) in [5.41, 5.74) is 7.51. The molecule has 4 nitrogen and oxygen atoms in total. The van der Waals surface area contributed by atoms with Crippen molar-refractivity contribution < 1.29 is 13.6 Å². The molecule has 0 heterocycles. The lowest BCUT2D eigenvalue weighted by Crippen LogP contribution is -1.97. The summed E-state index contributed by atoms with van der Waals surface area (Å²) >= 11 is 0. The molecular weight excluding hydrogens is 225 g/mol. The predicted octanol–water partition coefficient (Wildman–Crippen LogP) is 2.69. The van der Waals surface area contributed by atoms with Gasteiger partial charge in [0.15, 0.2) is 0 Å². The summed E-state index contributed by atoms with van der Waals surface area (Å²) in [4.78, 5) is 0. The second kappa shape index (κ2) is 6.04. The van der Waals surface area contributed by atoms with Crippen molar-refractivity contribution in [1.82, 2.24) is 0 Å². The smallest absolute Gasteiger partial charge is 0.330 e. The maximum absolute atomic E-state index is 11.7. The van der Waals surface area contributed by atoms with E-state index in [0.717, 1.165) is 18.5 Å². The number of hydrogen-bond donors (Lipinski definition) is 1. The lowest BCUT2D eigenvalue weighted by molar-refractivity contribution is 0.275. The molecule has 0 bridgehead atoms. The van der Waals surface area contributed by atoms with Crippen molar-refractivity contribution in [2.24, 2.45) is 0 Å². The van der Waals surface area contributed by atoms with Gasteiger partial charge in [-0.3, -0.25) is 4.57 Å². The molecule has 0 unspecified atom stereocenters. The molecule has 5 heteroatoms. The maximum Gasteiger partial charge on any atom is 0.330 e. The third kappa shape index (κ3) is 3.97. The van der Waals surface area contributed by atoms with Gasteiger partial charge in [-0.2, -0.15) is 0 Å². The summed E-state index contributed by atoms with van der Waals surface area (Å²) in [6.07, 6.45) is 2.05. The van der Waals surface area contributed by atoms with Gasteiger partial charge >= 0.3 is 7.60 Å². The van der Waals surface area contributed by atoms with Gasteiger partial charge in [0.2, 0.25) is 0 Å². The lowest BCUT2D eigenvalue weighted by Gasteiger charge is -2.12. The van der Waals surface area contributed by atoms with Gasteiger partial charge in [-0.05, 0) is 30.5 Å². The topological polar surface area (TPSA) is 61.5 Å². The number of benzene rings is 1. The highest BCUT2D eigenvalue weighted by Crippen LogP contribution is 2.46. The van der Waals surface area contributed by atoms with Crippen LogP contribution in [0.5, 0.6) is 0 Å². The highest BCUT2D eigenvalue weighted by atomic mass is 31.2. The van der Waals surface area contributed by atoms with E-state index >= 15 is 0 Å². The molecule has 0 atom stereocenters. The third-order valence-corrected chi connectivity index (χ3v) is 4.41. The highest BCUT2D eigenvalue weighted by molar-refractivity contribution is 7.53. The van der Waals surface area contributed by atoms with Gasteiger partial charge in [0.05, 0.1) is 6.16 Å². The van der Waals surface area contributed by atoms with Crippen LogP contribution in [0.2, 0.25) is 0 Å². The molecule has 90 valence electrons. The largest absolute Gasteiger partial charge is 0.399 e. The number of rotatable bonds is 6. The third-order valence-electron chi connectivity index (χ3n) is 2.43. The first kappa shape index (κ1) is 13.2. The number of hydrogen-bond acceptors (Lipinski definition) is 4. The maximum atomic E-state index is 11.7. The van der Waals surface area contributed by atoms with Gasteiger partial charge in [-0.25, -0.2) is 0 Å². The molecular formula is C11H18NO3P. The van der Waals surface area contributed by atoms with Gasteiger partial charge < -0.3 is 14.8 Å². The van der Waals surface area contributed by atoms with Crippen molar-refractivity contribution in [1.29, 1.82) is 0 Å². The fourth-order valence-electron chi connectivity index (χ4n) is 1.42. The average molecular weight is 243 g/mol. The van der Waals surface area contributed by atoms with Crippen LogP contribution < -0.4 is 5.73 Å². The SMILES string of the molecule is COP(=O)(CCCc1ccc(N)cc1)OC. The molecule has 0 aliphatic heterocycles. The fraction of sp³-hybridized carbons (Fsp3) is 0.455. The average Bonchev–Trinajstić information content (AvgIpc) is 2.31.